The van der Waals surface area contributed by atoms with Gasteiger partial charge in [0.15, 0.2) is 0 Å². The number of hydrogen-bond donors (Lipinski definition) is 1. The molecule has 0 aliphatic carbocycles. The molecular formula is C13H17NO3. The number of carboxylic acids is 1. The Bertz CT molecular complexity index is 443. The number of nitrogens with zero attached hydrogens (tertiary/aromatic N) is 1. The van der Waals surface area contributed by atoms with Crippen LogP contribution in [0.15, 0.2) is 12.1 Å². The average molecular weight is 235 g/mol. The molecule has 1 aromatic carbocycles. The zero-order valence-electron chi connectivity index (χ0n) is 10.6. The maximum absolute atomic E-state index is 12.1. The number of amides is 1. The molecular weight excluding hydrogens is 218 g/mol. The van der Waals surface area contributed by atoms with Crippen LogP contribution in [0.4, 0.5) is 0 Å². The van der Waals surface area contributed by atoms with Crippen molar-refractivity contribution < 1.29 is 14.7 Å². The van der Waals surface area contributed by atoms with E-state index in [0.29, 0.717) is 5.56 Å². The minimum Gasteiger partial charge on any atom is -0.480 e. The van der Waals surface area contributed by atoms with E-state index in [1.54, 1.807) is 0 Å². The Morgan fingerprint density at radius 1 is 1.18 bits per heavy atom. The molecule has 0 unspecified atom stereocenters. The van der Waals surface area contributed by atoms with Crippen molar-refractivity contribution in [3.05, 3.63) is 34.4 Å². The van der Waals surface area contributed by atoms with Gasteiger partial charge in [0.25, 0.3) is 5.91 Å². The minimum absolute atomic E-state index is 0.248. The third kappa shape index (κ3) is 3.06. The quantitative estimate of drug-likeness (QED) is 0.868. The Balaban J connectivity index is 3.08. The number of carbonyl (C=O) groups excluding carboxylic acids is 1. The summed E-state index contributed by atoms with van der Waals surface area (Å²) in [5.41, 5.74) is 3.45. The first-order valence-corrected chi connectivity index (χ1v) is 5.38. The molecule has 92 valence electrons. The van der Waals surface area contributed by atoms with Crippen LogP contribution < -0.4 is 0 Å². The van der Waals surface area contributed by atoms with E-state index < -0.39 is 5.97 Å². The molecule has 1 amide bonds. The smallest absolute Gasteiger partial charge is 0.323 e. The normalized spacial score (nSPS) is 10.1. The molecule has 0 bridgehead atoms. The number of rotatable bonds is 3. The molecule has 0 saturated heterocycles. The zero-order chi connectivity index (χ0) is 13.2. The highest BCUT2D eigenvalue weighted by Gasteiger charge is 2.18. The molecule has 0 spiro atoms. The van der Waals surface area contributed by atoms with Crippen molar-refractivity contribution in [3.63, 3.8) is 0 Å². The van der Waals surface area contributed by atoms with E-state index in [2.05, 4.69) is 0 Å². The van der Waals surface area contributed by atoms with Crippen LogP contribution in [0, 0.1) is 20.8 Å². The summed E-state index contributed by atoms with van der Waals surface area (Å²) >= 11 is 0. The van der Waals surface area contributed by atoms with Gasteiger partial charge in [-0.2, -0.15) is 0 Å². The van der Waals surface area contributed by atoms with Crippen molar-refractivity contribution in [2.45, 2.75) is 20.8 Å². The van der Waals surface area contributed by atoms with E-state index in [4.69, 9.17) is 5.11 Å². The van der Waals surface area contributed by atoms with E-state index >= 15 is 0 Å². The van der Waals surface area contributed by atoms with Gasteiger partial charge < -0.3 is 10.0 Å². The lowest BCUT2D eigenvalue weighted by Gasteiger charge is -2.18. The second-order valence-corrected chi connectivity index (χ2v) is 4.33. The Hall–Kier alpha value is -1.84. The van der Waals surface area contributed by atoms with Crippen LogP contribution >= 0.6 is 0 Å². The molecule has 0 atom stereocenters. The fourth-order valence-electron chi connectivity index (χ4n) is 1.98. The number of benzene rings is 1. The fourth-order valence-corrected chi connectivity index (χ4v) is 1.98. The number of carbonyl (C=O) groups is 2. The summed E-state index contributed by atoms with van der Waals surface area (Å²) in [5.74, 6) is -1.26. The molecule has 4 heteroatoms. The van der Waals surface area contributed by atoms with E-state index in [9.17, 15) is 9.59 Å². The van der Waals surface area contributed by atoms with Crippen LogP contribution in [0.1, 0.15) is 27.0 Å². The Morgan fingerprint density at radius 2 is 1.65 bits per heavy atom. The minimum atomic E-state index is -1.01. The summed E-state index contributed by atoms with van der Waals surface area (Å²) in [5, 5.41) is 8.67. The monoisotopic (exact) mass is 235 g/mol. The topological polar surface area (TPSA) is 57.6 Å². The molecule has 0 aliphatic rings. The van der Waals surface area contributed by atoms with Crippen molar-refractivity contribution >= 4 is 11.9 Å². The maximum atomic E-state index is 12.1. The Labute approximate surface area is 101 Å². The molecule has 17 heavy (non-hydrogen) atoms. The lowest BCUT2D eigenvalue weighted by molar-refractivity contribution is -0.137. The highest BCUT2D eigenvalue weighted by atomic mass is 16.4. The summed E-state index contributed by atoms with van der Waals surface area (Å²) in [7, 11) is 1.50. The number of hydrogen-bond acceptors (Lipinski definition) is 2. The SMILES string of the molecule is Cc1cc(C)c(C(=O)N(C)CC(=O)O)c(C)c1. The first-order valence-electron chi connectivity index (χ1n) is 5.38. The van der Waals surface area contributed by atoms with Gasteiger partial charge in [0.2, 0.25) is 0 Å². The molecule has 1 aromatic rings. The van der Waals surface area contributed by atoms with Gasteiger partial charge in [0, 0.05) is 12.6 Å². The summed E-state index contributed by atoms with van der Waals surface area (Å²) < 4.78 is 0. The second-order valence-electron chi connectivity index (χ2n) is 4.33. The molecule has 0 fully saturated rings. The standard InChI is InChI=1S/C13H17NO3/c1-8-5-9(2)12(10(3)6-8)13(17)14(4)7-11(15)16/h5-6H,7H2,1-4H3,(H,15,16). The Kier molecular flexibility index (Phi) is 3.89. The third-order valence-corrected chi connectivity index (χ3v) is 2.61. The van der Waals surface area contributed by atoms with Gasteiger partial charge in [-0.1, -0.05) is 17.7 Å². The Morgan fingerprint density at radius 3 is 2.06 bits per heavy atom. The lowest BCUT2D eigenvalue weighted by atomic mass is 9.99. The largest absolute Gasteiger partial charge is 0.480 e. The number of aryl methyl sites for hydroxylation is 3. The summed E-state index contributed by atoms with van der Waals surface area (Å²) in [6.07, 6.45) is 0. The van der Waals surface area contributed by atoms with Gasteiger partial charge in [-0.05, 0) is 31.9 Å². The van der Waals surface area contributed by atoms with E-state index in [-0.39, 0.29) is 12.5 Å². The first kappa shape index (κ1) is 13.2. The third-order valence-electron chi connectivity index (χ3n) is 2.61. The molecule has 0 heterocycles. The van der Waals surface area contributed by atoms with Crippen LogP contribution in [0.3, 0.4) is 0 Å². The van der Waals surface area contributed by atoms with Crippen molar-refractivity contribution in [2.75, 3.05) is 13.6 Å². The van der Waals surface area contributed by atoms with Crippen molar-refractivity contribution in [1.82, 2.24) is 4.90 Å². The molecule has 0 aliphatic heterocycles. The molecule has 0 radical (unpaired) electrons. The van der Waals surface area contributed by atoms with Crippen LogP contribution in [-0.2, 0) is 4.79 Å². The summed E-state index contributed by atoms with van der Waals surface area (Å²) in [4.78, 5) is 23.9. The van der Waals surface area contributed by atoms with Gasteiger partial charge >= 0.3 is 5.97 Å². The van der Waals surface area contributed by atoms with Gasteiger partial charge in [0.05, 0.1) is 0 Å². The zero-order valence-corrected chi connectivity index (χ0v) is 10.6. The van der Waals surface area contributed by atoms with Gasteiger partial charge in [-0.15, -0.1) is 0 Å². The summed E-state index contributed by atoms with van der Waals surface area (Å²) in [6, 6.07) is 3.85. The summed E-state index contributed by atoms with van der Waals surface area (Å²) in [6.45, 7) is 5.41. The van der Waals surface area contributed by atoms with Crippen molar-refractivity contribution in [1.29, 1.82) is 0 Å². The van der Waals surface area contributed by atoms with Gasteiger partial charge in [-0.3, -0.25) is 9.59 Å². The van der Waals surface area contributed by atoms with Crippen LogP contribution in [0.2, 0.25) is 0 Å². The number of aliphatic carboxylic acids is 1. The van der Waals surface area contributed by atoms with Crippen LogP contribution in [0.25, 0.3) is 0 Å². The predicted octanol–water partition coefficient (Wildman–Crippen LogP) is 1.77. The number of carboxylic acid groups (broad SMARTS) is 1. The van der Waals surface area contributed by atoms with E-state index in [1.165, 1.54) is 11.9 Å². The fraction of sp³-hybridized carbons (Fsp3) is 0.385. The molecule has 1 N–H and O–H groups in total. The average Bonchev–Trinajstić information content (AvgIpc) is 2.14. The van der Waals surface area contributed by atoms with Crippen molar-refractivity contribution in [2.24, 2.45) is 0 Å². The van der Waals surface area contributed by atoms with E-state index in [0.717, 1.165) is 16.7 Å². The maximum Gasteiger partial charge on any atom is 0.323 e. The van der Waals surface area contributed by atoms with Gasteiger partial charge in [-0.25, -0.2) is 0 Å². The molecule has 1 rings (SSSR count). The second kappa shape index (κ2) is 4.99. The number of likely N-dealkylation sites (N-methyl/N-ethyl adjacent to an activating group) is 1. The van der Waals surface area contributed by atoms with Gasteiger partial charge in [0.1, 0.15) is 6.54 Å². The molecule has 4 nitrogen and oxygen atoms in total. The van der Waals surface area contributed by atoms with E-state index in [1.807, 2.05) is 32.9 Å². The molecule has 0 saturated carbocycles. The van der Waals surface area contributed by atoms with Crippen LogP contribution in [-0.4, -0.2) is 35.5 Å². The highest BCUT2D eigenvalue weighted by molar-refractivity contribution is 5.98. The first-order chi connectivity index (χ1) is 7.82. The predicted molar refractivity (Wildman–Crippen MR) is 65.2 cm³/mol. The highest BCUT2D eigenvalue weighted by Crippen LogP contribution is 2.17. The lowest BCUT2D eigenvalue weighted by Crippen LogP contribution is -2.32. The molecule has 0 aromatic heterocycles. The van der Waals surface area contributed by atoms with Crippen LogP contribution in [0.5, 0.6) is 0 Å². The van der Waals surface area contributed by atoms with Crippen molar-refractivity contribution in [3.8, 4) is 0 Å².